The van der Waals surface area contributed by atoms with Gasteiger partial charge in [-0.2, -0.15) is 0 Å². The molecular formula is C25H35Cl2N7O3. The van der Waals surface area contributed by atoms with E-state index in [2.05, 4.69) is 30.6 Å². The number of hydrogen-bond acceptors (Lipinski definition) is 9. The van der Waals surface area contributed by atoms with Crippen molar-refractivity contribution >= 4 is 40.6 Å². The number of nitrogens with two attached hydrogens (primary N) is 1. The standard InChI is InChI=1S/C25H35Cl2N7O3/c1-36-20-15-19(28)18(26)14-17(20)24(35)30-25(34-10-4-3-5-11-34)8-12-33(16-21(25)37-2)13-9-29-23-7-6-22(27)31-32-23/h6-7,14-15,21H,3-5,8-13,16,28H2,1-2H3,(H,29,32)(H,30,35). The Hall–Kier alpha value is -2.37. The predicted molar refractivity (Wildman–Crippen MR) is 145 cm³/mol. The lowest BCUT2D eigenvalue weighted by Gasteiger charge is -2.54. The number of rotatable bonds is 9. The monoisotopic (exact) mass is 551 g/mol. The van der Waals surface area contributed by atoms with E-state index < -0.39 is 5.66 Å². The fourth-order valence-electron chi connectivity index (χ4n) is 5.25. The number of piperidine rings is 2. The van der Waals surface area contributed by atoms with Crippen LogP contribution in [0.5, 0.6) is 5.75 Å². The number of carbonyl (C=O) groups is 1. The van der Waals surface area contributed by atoms with Crippen molar-refractivity contribution in [3.8, 4) is 5.75 Å². The van der Waals surface area contributed by atoms with Crippen molar-refractivity contribution < 1.29 is 14.3 Å². The van der Waals surface area contributed by atoms with Crippen molar-refractivity contribution in [2.24, 2.45) is 0 Å². The molecule has 0 aliphatic carbocycles. The number of methoxy groups -OCH3 is 2. The van der Waals surface area contributed by atoms with Gasteiger partial charge in [0.25, 0.3) is 5.91 Å². The topological polar surface area (TPSA) is 118 Å². The first-order chi connectivity index (χ1) is 17.9. The molecule has 1 aromatic heterocycles. The Morgan fingerprint density at radius 3 is 2.62 bits per heavy atom. The van der Waals surface area contributed by atoms with Gasteiger partial charge in [0.05, 0.1) is 23.4 Å². The molecule has 4 N–H and O–H groups in total. The normalized spacial score (nSPS) is 23.0. The summed E-state index contributed by atoms with van der Waals surface area (Å²) in [6.45, 7) is 4.74. The summed E-state index contributed by atoms with van der Waals surface area (Å²) in [6, 6.07) is 6.66. The SMILES string of the molecule is COc1cc(N)c(Cl)cc1C(=O)NC1(N2CCCCC2)CCN(CCNc2ccc(Cl)nn2)CC1OC. The zero-order chi connectivity index (χ0) is 26.4. The smallest absolute Gasteiger partial charge is 0.256 e. The van der Waals surface area contributed by atoms with Gasteiger partial charge >= 0.3 is 0 Å². The van der Waals surface area contributed by atoms with E-state index >= 15 is 0 Å². The second-order valence-corrected chi connectivity index (χ2v) is 10.2. The Kier molecular flexibility index (Phi) is 9.31. The molecule has 2 saturated heterocycles. The summed E-state index contributed by atoms with van der Waals surface area (Å²) in [6.07, 6.45) is 3.82. The molecule has 2 aliphatic rings. The summed E-state index contributed by atoms with van der Waals surface area (Å²) in [4.78, 5) is 18.4. The van der Waals surface area contributed by atoms with Crippen molar-refractivity contribution in [3.63, 3.8) is 0 Å². The molecule has 1 aromatic carbocycles. The molecule has 0 saturated carbocycles. The van der Waals surface area contributed by atoms with E-state index in [4.69, 9.17) is 38.4 Å². The Balaban J connectivity index is 1.50. The lowest BCUT2D eigenvalue weighted by molar-refractivity contribution is -0.116. The van der Waals surface area contributed by atoms with Gasteiger partial charge in [-0.05, 0) is 37.5 Å². The lowest BCUT2D eigenvalue weighted by Crippen LogP contribution is -2.73. The molecule has 0 radical (unpaired) electrons. The number of nitrogen functional groups attached to an aromatic ring is 1. The van der Waals surface area contributed by atoms with E-state index in [9.17, 15) is 4.79 Å². The molecule has 37 heavy (non-hydrogen) atoms. The number of likely N-dealkylation sites (tertiary alicyclic amines) is 2. The Morgan fingerprint density at radius 1 is 1.16 bits per heavy atom. The van der Waals surface area contributed by atoms with Crippen LogP contribution in [-0.2, 0) is 4.74 Å². The summed E-state index contributed by atoms with van der Waals surface area (Å²) in [5.41, 5.74) is 6.00. The number of amides is 1. The summed E-state index contributed by atoms with van der Waals surface area (Å²) >= 11 is 12.1. The number of anilines is 2. The number of nitrogens with zero attached hydrogens (tertiary/aromatic N) is 4. The highest BCUT2D eigenvalue weighted by molar-refractivity contribution is 6.33. The predicted octanol–water partition coefficient (Wildman–Crippen LogP) is 3.12. The van der Waals surface area contributed by atoms with E-state index in [-0.39, 0.29) is 12.0 Å². The summed E-state index contributed by atoms with van der Waals surface area (Å²) in [7, 11) is 3.22. The van der Waals surface area contributed by atoms with Crippen molar-refractivity contribution in [1.29, 1.82) is 0 Å². The van der Waals surface area contributed by atoms with Gasteiger partial charge in [0.1, 0.15) is 23.3 Å². The van der Waals surface area contributed by atoms with E-state index in [0.29, 0.717) is 52.5 Å². The lowest BCUT2D eigenvalue weighted by atomic mass is 9.88. The molecule has 2 fully saturated rings. The van der Waals surface area contributed by atoms with Gasteiger partial charge in [-0.1, -0.05) is 29.6 Å². The third-order valence-electron chi connectivity index (χ3n) is 7.23. The van der Waals surface area contributed by atoms with Crippen LogP contribution < -0.4 is 21.1 Å². The van der Waals surface area contributed by atoms with Crippen molar-refractivity contribution in [3.05, 3.63) is 40.0 Å². The van der Waals surface area contributed by atoms with E-state index in [1.807, 2.05) is 0 Å². The number of carbonyl (C=O) groups excluding carboxylic acids is 1. The molecule has 0 spiro atoms. The third kappa shape index (κ3) is 6.38. The highest BCUT2D eigenvalue weighted by Crippen LogP contribution is 2.34. The first-order valence-corrected chi connectivity index (χ1v) is 13.3. The first-order valence-electron chi connectivity index (χ1n) is 12.5. The number of benzene rings is 1. The average molecular weight is 553 g/mol. The van der Waals surface area contributed by atoms with Crippen molar-refractivity contribution in [2.75, 3.05) is 64.5 Å². The molecule has 2 aromatic rings. The molecule has 2 aliphatic heterocycles. The van der Waals surface area contributed by atoms with Crippen LogP contribution in [0.1, 0.15) is 36.0 Å². The minimum atomic E-state index is -0.656. The number of hydrogen-bond donors (Lipinski definition) is 3. The molecule has 202 valence electrons. The van der Waals surface area contributed by atoms with Crippen LogP contribution in [0, 0.1) is 0 Å². The summed E-state index contributed by atoms with van der Waals surface area (Å²) in [5, 5.41) is 15.2. The molecular weight excluding hydrogens is 517 g/mol. The van der Waals surface area contributed by atoms with Crippen molar-refractivity contribution in [2.45, 2.75) is 37.5 Å². The number of nitrogens with one attached hydrogen (secondary N) is 2. The van der Waals surface area contributed by atoms with Gasteiger partial charge in [0.15, 0.2) is 5.15 Å². The van der Waals surface area contributed by atoms with Crippen LogP contribution in [-0.4, -0.2) is 91.2 Å². The van der Waals surface area contributed by atoms with Gasteiger partial charge in [-0.15, -0.1) is 10.2 Å². The minimum absolute atomic E-state index is 0.242. The van der Waals surface area contributed by atoms with Crippen LogP contribution in [0.4, 0.5) is 11.5 Å². The zero-order valence-corrected chi connectivity index (χ0v) is 22.8. The second kappa shape index (κ2) is 12.4. The largest absolute Gasteiger partial charge is 0.496 e. The quantitative estimate of drug-likeness (QED) is 0.404. The fourth-order valence-corrected chi connectivity index (χ4v) is 5.51. The Morgan fingerprint density at radius 2 is 1.95 bits per heavy atom. The molecule has 0 bridgehead atoms. The molecule has 2 unspecified atom stereocenters. The van der Waals surface area contributed by atoms with Gasteiger partial charge in [-0.3, -0.25) is 14.6 Å². The molecule has 4 rings (SSSR count). The number of halogens is 2. The van der Waals surface area contributed by atoms with Gasteiger partial charge in [-0.25, -0.2) is 0 Å². The van der Waals surface area contributed by atoms with Crippen LogP contribution in [0.15, 0.2) is 24.3 Å². The minimum Gasteiger partial charge on any atom is -0.496 e. The number of ether oxygens (including phenoxy) is 2. The highest BCUT2D eigenvalue weighted by Gasteiger charge is 2.49. The first kappa shape index (κ1) is 27.7. The Labute approximate surface area is 227 Å². The molecule has 2 atom stereocenters. The highest BCUT2D eigenvalue weighted by atomic mass is 35.5. The average Bonchev–Trinajstić information content (AvgIpc) is 2.92. The maximum absolute atomic E-state index is 13.7. The van der Waals surface area contributed by atoms with Gasteiger partial charge < -0.3 is 25.8 Å². The Bertz CT molecular complexity index is 1070. The van der Waals surface area contributed by atoms with Gasteiger partial charge in [0, 0.05) is 52.4 Å². The summed E-state index contributed by atoms with van der Waals surface area (Å²) in [5.74, 6) is 0.800. The van der Waals surface area contributed by atoms with Crippen LogP contribution >= 0.6 is 23.2 Å². The van der Waals surface area contributed by atoms with E-state index in [1.54, 1.807) is 31.4 Å². The fraction of sp³-hybridized carbons (Fsp3) is 0.560. The second-order valence-electron chi connectivity index (χ2n) is 9.44. The van der Waals surface area contributed by atoms with E-state index in [0.717, 1.165) is 39.0 Å². The third-order valence-corrected chi connectivity index (χ3v) is 7.76. The maximum Gasteiger partial charge on any atom is 0.256 e. The zero-order valence-electron chi connectivity index (χ0n) is 21.3. The molecule has 1 amide bonds. The van der Waals surface area contributed by atoms with Crippen LogP contribution in [0.2, 0.25) is 10.2 Å². The summed E-state index contributed by atoms with van der Waals surface area (Å²) < 4.78 is 11.5. The van der Waals surface area contributed by atoms with Crippen LogP contribution in [0.25, 0.3) is 0 Å². The molecule has 10 nitrogen and oxygen atoms in total. The van der Waals surface area contributed by atoms with Gasteiger partial charge in [0.2, 0.25) is 0 Å². The van der Waals surface area contributed by atoms with Crippen molar-refractivity contribution in [1.82, 2.24) is 25.3 Å². The molecule has 3 heterocycles. The maximum atomic E-state index is 13.7. The van der Waals surface area contributed by atoms with E-state index in [1.165, 1.54) is 13.5 Å². The number of aromatic nitrogens is 2. The molecule has 12 heteroatoms. The van der Waals surface area contributed by atoms with Crippen LogP contribution in [0.3, 0.4) is 0 Å².